The fraction of sp³-hybridized carbons (Fsp3) is 0.185. The van der Waals surface area contributed by atoms with Gasteiger partial charge >= 0.3 is 12.1 Å². The van der Waals surface area contributed by atoms with Crippen LogP contribution >= 0.6 is 0 Å². The van der Waals surface area contributed by atoms with Gasteiger partial charge in [0.2, 0.25) is 0 Å². The number of imide groups is 1. The van der Waals surface area contributed by atoms with E-state index in [1.54, 1.807) is 0 Å². The second-order valence-corrected chi connectivity index (χ2v) is 10.3. The van der Waals surface area contributed by atoms with Gasteiger partial charge in [-0.2, -0.15) is 8.42 Å². The Hall–Kier alpha value is -4.55. The van der Waals surface area contributed by atoms with Crippen LogP contribution in [0.1, 0.15) is 45.8 Å². The average molecular weight is 551 g/mol. The van der Waals surface area contributed by atoms with E-state index in [1.807, 2.05) is 48.5 Å². The van der Waals surface area contributed by atoms with Gasteiger partial charge in [-0.1, -0.05) is 54.6 Å². The summed E-state index contributed by atoms with van der Waals surface area (Å²) in [6, 6.07) is 18.9. The fourth-order valence-electron chi connectivity index (χ4n) is 4.68. The first-order chi connectivity index (χ1) is 18.6. The van der Waals surface area contributed by atoms with Crippen molar-refractivity contribution in [3.8, 4) is 11.1 Å². The summed E-state index contributed by atoms with van der Waals surface area (Å²) in [7, 11) is -4.83. The van der Waals surface area contributed by atoms with Crippen LogP contribution in [-0.4, -0.2) is 48.5 Å². The Morgan fingerprint density at radius 1 is 0.923 bits per heavy atom. The van der Waals surface area contributed by atoms with E-state index in [0.29, 0.717) is 5.06 Å². The van der Waals surface area contributed by atoms with Gasteiger partial charge in [-0.25, -0.2) is 9.59 Å². The smallest absolute Gasteiger partial charge is 0.407 e. The molecule has 2 N–H and O–H groups in total. The minimum absolute atomic E-state index is 0.0316. The summed E-state index contributed by atoms with van der Waals surface area (Å²) in [6.45, 7) is -0.298. The Morgan fingerprint density at radius 3 is 2.10 bits per heavy atom. The van der Waals surface area contributed by atoms with Crippen molar-refractivity contribution in [1.29, 1.82) is 0 Å². The predicted octanol–water partition coefficient (Wildman–Crippen LogP) is 3.19. The first-order valence-corrected chi connectivity index (χ1v) is 13.3. The van der Waals surface area contributed by atoms with E-state index >= 15 is 0 Å². The van der Waals surface area contributed by atoms with Crippen molar-refractivity contribution in [2.75, 3.05) is 6.61 Å². The second kappa shape index (κ2) is 10.3. The molecule has 12 heteroatoms. The van der Waals surface area contributed by atoms with Crippen LogP contribution < -0.4 is 5.32 Å². The van der Waals surface area contributed by atoms with Gasteiger partial charge in [0.05, 0.1) is 10.5 Å². The van der Waals surface area contributed by atoms with E-state index < -0.39 is 38.9 Å². The predicted molar refractivity (Wildman–Crippen MR) is 135 cm³/mol. The SMILES string of the molecule is O=C(NCc1ccc(C(=O)ON2C(=O)CCC2=O)cc1S(=O)(=O)O)OCC1c2ccccc2-c2ccccc21. The molecule has 0 unspecified atom stereocenters. The summed E-state index contributed by atoms with van der Waals surface area (Å²) in [4.78, 5) is 52.4. The van der Waals surface area contributed by atoms with E-state index in [9.17, 15) is 32.1 Å². The lowest BCUT2D eigenvalue weighted by molar-refractivity contribution is -0.172. The zero-order valence-electron chi connectivity index (χ0n) is 20.3. The number of carbonyl (C=O) groups excluding carboxylic acids is 4. The molecule has 0 saturated carbocycles. The van der Waals surface area contributed by atoms with Crippen molar-refractivity contribution in [3.63, 3.8) is 0 Å². The van der Waals surface area contributed by atoms with E-state index in [-0.39, 0.29) is 43.0 Å². The number of rotatable bonds is 7. The lowest BCUT2D eigenvalue weighted by Crippen LogP contribution is -2.32. The summed E-state index contributed by atoms with van der Waals surface area (Å²) >= 11 is 0. The third kappa shape index (κ3) is 5.24. The van der Waals surface area contributed by atoms with Crippen molar-refractivity contribution in [3.05, 3.63) is 89.0 Å². The first-order valence-electron chi connectivity index (χ1n) is 11.9. The molecule has 3 aromatic rings. The van der Waals surface area contributed by atoms with Crippen molar-refractivity contribution in [2.24, 2.45) is 0 Å². The highest BCUT2D eigenvalue weighted by Crippen LogP contribution is 2.44. The largest absolute Gasteiger partial charge is 0.449 e. The molecule has 0 spiro atoms. The molecule has 0 aromatic heterocycles. The van der Waals surface area contributed by atoms with E-state index in [0.717, 1.165) is 28.3 Å². The molecular weight excluding hydrogens is 528 g/mol. The Kier molecular flexibility index (Phi) is 6.89. The molecular formula is C27H22N2O9S. The highest BCUT2D eigenvalue weighted by atomic mass is 32.2. The standard InChI is InChI=1S/C27H22N2O9S/c30-24-11-12-25(31)29(24)38-26(32)16-9-10-17(23(13-16)39(34,35)36)14-28-27(33)37-15-22-20-7-3-1-5-18(20)19-6-2-4-8-21(19)22/h1-10,13,22H,11-12,14-15H2,(H,28,33)(H,34,35,36). The molecule has 3 aromatic carbocycles. The van der Waals surface area contributed by atoms with Gasteiger partial charge in [-0.3, -0.25) is 14.1 Å². The van der Waals surface area contributed by atoms with Crippen LogP contribution in [0.25, 0.3) is 11.1 Å². The molecule has 2 aliphatic rings. The van der Waals surface area contributed by atoms with Crippen LogP contribution in [-0.2, 0) is 35.8 Å². The molecule has 1 aliphatic heterocycles. The number of alkyl carbamates (subject to hydrolysis) is 1. The summed E-state index contributed by atoms with van der Waals surface area (Å²) in [5.41, 5.74) is 3.82. The summed E-state index contributed by atoms with van der Waals surface area (Å²) in [5.74, 6) is -2.74. The number of ether oxygens (including phenoxy) is 1. The number of hydroxylamine groups is 2. The molecule has 0 radical (unpaired) electrons. The maximum absolute atomic E-state index is 12.5. The molecule has 1 fully saturated rings. The van der Waals surface area contributed by atoms with Gasteiger partial charge in [0, 0.05) is 25.3 Å². The molecule has 0 atom stereocenters. The normalized spacial score (nSPS) is 14.6. The third-order valence-electron chi connectivity index (χ3n) is 6.53. The van der Waals surface area contributed by atoms with Crippen LogP contribution in [0.15, 0.2) is 71.6 Å². The molecule has 0 bridgehead atoms. The van der Waals surface area contributed by atoms with Gasteiger partial charge in [0.1, 0.15) is 6.61 Å². The van der Waals surface area contributed by atoms with Crippen molar-refractivity contribution in [1.82, 2.24) is 10.4 Å². The molecule has 5 rings (SSSR count). The average Bonchev–Trinajstić information content (AvgIpc) is 3.41. The van der Waals surface area contributed by atoms with Crippen LogP contribution in [0.5, 0.6) is 0 Å². The van der Waals surface area contributed by atoms with Crippen LogP contribution in [0.2, 0.25) is 0 Å². The van der Waals surface area contributed by atoms with Crippen molar-refractivity contribution >= 4 is 34.0 Å². The molecule has 200 valence electrons. The van der Waals surface area contributed by atoms with Crippen molar-refractivity contribution in [2.45, 2.75) is 30.2 Å². The van der Waals surface area contributed by atoms with Crippen LogP contribution in [0.3, 0.4) is 0 Å². The Balaban J connectivity index is 1.25. The Bertz CT molecular complexity index is 1560. The maximum Gasteiger partial charge on any atom is 0.407 e. The zero-order valence-corrected chi connectivity index (χ0v) is 21.1. The van der Waals surface area contributed by atoms with Crippen LogP contribution in [0, 0.1) is 0 Å². The Morgan fingerprint density at radius 2 is 1.51 bits per heavy atom. The summed E-state index contributed by atoms with van der Waals surface area (Å²) in [6.07, 6.45) is -1.03. The molecule has 39 heavy (non-hydrogen) atoms. The lowest BCUT2D eigenvalue weighted by Gasteiger charge is -2.15. The first kappa shape index (κ1) is 26.1. The van der Waals surface area contributed by atoms with E-state index in [4.69, 9.17) is 9.57 Å². The number of amides is 3. The topological polar surface area (TPSA) is 156 Å². The maximum atomic E-state index is 12.5. The van der Waals surface area contributed by atoms with Gasteiger partial charge in [-0.15, -0.1) is 5.06 Å². The summed E-state index contributed by atoms with van der Waals surface area (Å²) in [5, 5.41) is 2.77. The number of benzene rings is 3. The van der Waals surface area contributed by atoms with Crippen LogP contribution in [0.4, 0.5) is 4.79 Å². The van der Waals surface area contributed by atoms with Gasteiger partial charge < -0.3 is 14.9 Å². The molecule has 3 amide bonds. The number of hydrogen-bond acceptors (Lipinski definition) is 8. The van der Waals surface area contributed by atoms with Gasteiger partial charge in [0.15, 0.2) is 0 Å². The highest BCUT2D eigenvalue weighted by molar-refractivity contribution is 7.85. The Labute approximate surface area is 223 Å². The van der Waals surface area contributed by atoms with Gasteiger partial charge in [-0.05, 0) is 39.9 Å². The molecule has 11 nitrogen and oxygen atoms in total. The number of nitrogens with one attached hydrogen (secondary N) is 1. The monoisotopic (exact) mass is 550 g/mol. The van der Waals surface area contributed by atoms with E-state index in [1.165, 1.54) is 12.1 Å². The molecule has 1 saturated heterocycles. The van der Waals surface area contributed by atoms with Gasteiger partial charge in [0.25, 0.3) is 21.9 Å². The number of nitrogens with zero attached hydrogens (tertiary/aromatic N) is 1. The fourth-order valence-corrected chi connectivity index (χ4v) is 5.43. The lowest BCUT2D eigenvalue weighted by atomic mass is 9.98. The molecule has 1 aliphatic carbocycles. The zero-order chi connectivity index (χ0) is 27.7. The number of carbonyl (C=O) groups is 4. The second-order valence-electron chi connectivity index (χ2n) is 8.94. The van der Waals surface area contributed by atoms with Crippen molar-refractivity contribution < 1.29 is 41.7 Å². The quantitative estimate of drug-likeness (QED) is 0.333. The third-order valence-corrected chi connectivity index (χ3v) is 7.46. The summed E-state index contributed by atoms with van der Waals surface area (Å²) < 4.78 is 39.1. The minimum atomic E-state index is -4.83. The minimum Gasteiger partial charge on any atom is -0.449 e. The molecule has 1 heterocycles. The number of hydrogen-bond donors (Lipinski definition) is 2. The number of fused-ring (bicyclic) bond motifs is 3. The van der Waals surface area contributed by atoms with E-state index in [2.05, 4.69) is 5.32 Å². The highest BCUT2D eigenvalue weighted by Gasteiger charge is 2.34.